The zero-order valence-electron chi connectivity index (χ0n) is 9.22. The van der Waals surface area contributed by atoms with Crippen molar-refractivity contribution in [3.63, 3.8) is 0 Å². The van der Waals surface area contributed by atoms with E-state index in [-0.39, 0.29) is 5.75 Å². The zero-order valence-corrected chi connectivity index (χ0v) is 10.9. The summed E-state index contributed by atoms with van der Waals surface area (Å²) < 4.78 is 21.8. The number of aromatic nitrogens is 1. The quantitative estimate of drug-likeness (QED) is 0.767. The molecule has 1 aromatic rings. The molecule has 0 fully saturated rings. The summed E-state index contributed by atoms with van der Waals surface area (Å²) in [6.45, 7) is 0.419. The lowest BCUT2D eigenvalue weighted by Gasteiger charge is -2.05. The van der Waals surface area contributed by atoms with E-state index in [0.29, 0.717) is 12.3 Å². The summed E-state index contributed by atoms with van der Waals surface area (Å²) in [6.07, 6.45) is 2.97. The highest BCUT2D eigenvalue weighted by atomic mass is 32.2. The van der Waals surface area contributed by atoms with Crippen LogP contribution in [0.5, 0.6) is 0 Å². The highest BCUT2D eigenvalue weighted by molar-refractivity contribution is 7.99. The van der Waals surface area contributed by atoms with Crippen LogP contribution in [-0.2, 0) is 22.1 Å². The molecule has 1 rings (SSSR count). The maximum absolute atomic E-state index is 10.9. The van der Waals surface area contributed by atoms with Gasteiger partial charge in [-0.1, -0.05) is 6.07 Å². The van der Waals surface area contributed by atoms with Crippen LogP contribution in [0.2, 0.25) is 0 Å². The van der Waals surface area contributed by atoms with Crippen molar-refractivity contribution in [3.8, 4) is 0 Å². The predicted octanol–water partition coefficient (Wildman–Crippen LogP) is 0.818. The Morgan fingerprint density at radius 3 is 2.88 bits per heavy atom. The van der Waals surface area contributed by atoms with E-state index in [1.54, 1.807) is 18.0 Å². The molecule has 1 heterocycles. The Labute approximate surface area is 101 Å². The molecule has 16 heavy (non-hydrogen) atoms. The minimum atomic E-state index is -2.86. The lowest BCUT2D eigenvalue weighted by molar-refractivity contribution is 0.603. The molecular formula is C10H16N2O2S2. The first kappa shape index (κ1) is 13.5. The van der Waals surface area contributed by atoms with Gasteiger partial charge in [-0.15, -0.1) is 0 Å². The first-order valence-corrected chi connectivity index (χ1v) is 8.13. The topological polar surface area (TPSA) is 73.0 Å². The molecule has 2 N–H and O–H groups in total. The predicted molar refractivity (Wildman–Crippen MR) is 68.0 cm³/mol. The van der Waals surface area contributed by atoms with Gasteiger partial charge in [0.25, 0.3) is 0 Å². The molecule has 0 bridgehead atoms. The summed E-state index contributed by atoms with van der Waals surface area (Å²) in [5.74, 6) is 1.59. The second-order valence-corrected chi connectivity index (χ2v) is 6.86. The molecule has 90 valence electrons. The smallest absolute Gasteiger partial charge is 0.148 e. The Hall–Kier alpha value is -0.590. The molecule has 0 aromatic carbocycles. The Kier molecular flexibility index (Phi) is 5.24. The van der Waals surface area contributed by atoms with Crippen molar-refractivity contribution in [2.75, 3.05) is 17.8 Å². The average molecular weight is 260 g/mol. The summed E-state index contributed by atoms with van der Waals surface area (Å²) in [5, 5.41) is 0. The molecule has 4 nitrogen and oxygen atoms in total. The average Bonchev–Trinajstić information content (AvgIpc) is 2.23. The Balaban J connectivity index is 2.43. The van der Waals surface area contributed by atoms with E-state index < -0.39 is 9.84 Å². The molecule has 0 saturated carbocycles. The maximum Gasteiger partial charge on any atom is 0.148 e. The van der Waals surface area contributed by atoms with Gasteiger partial charge in [0.1, 0.15) is 9.84 Å². The van der Waals surface area contributed by atoms with E-state index in [2.05, 4.69) is 4.98 Å². The van der Waals surface area contributed by atoms with E-state index in [4.69, 9.17) is 5.73 Å². The summed E-state index contributed by atoms with van der Waals surface area (Å²) in [7, 11) is -2.86. The van der Waals surface area contributed by atoms with E-state index in [1.807, 2.05) is 12.1 Å². The van der Waals surface area contributed by atoms with Crippen molar-refractivity contribution in [3.05, 3.63) is 29.6 Å². The number of hydrogen-bond donors (Lipinski definition) is 1. The summed E-state index contributed by atoms with van der Waals surface area (Å²) in [4.78, 5) is 4.17. The number of sulfone groups is 1. The van der Waals surface area contributed by atoms with Crippen molar-refractivity contribution in [2.24, 2.45) is 5.73 Å². The van der Waals surface area contributed by atoms with Crippen LogP contribution < -0.4 is 5.73 Å². The number of hydrogen-bond acceptors (Lipinski definition) is 5. The molecule has 0 aliphatic carbocycles. The molecule has 0 aliphatic rings. The van der Waals surface area contributed by atoms with Gasteiger partial charge < -0.3 is 5.73 Å². The Morgan fingerprint density at radius 1 is 1.50 bits per heavy atom. The molecule has 0 amide bonds. The fraction of sp³-hybridized carbons (Fsp3) is 0.500. The third-order valence-corrected chi connectivity index (χ3v) is 4.25. The third-order valence-electron chi connectivity index (χ3n) is 2.03. The standard InChI is InChI=1S/C10H16N2O2S2/c1-16(13,14)6-5-15-8-9-3-2-4-12-10(9)7-11/h2-4H,5-8,11H2,1H3. The molecule has 0 radical (unpaired) electrons. The van der Waals surface area contributed by atoms with Gasteiger partial charge in [0.05, 0.1) is 11.4 Å². The van der Waals surface area contributed by atoms with Crippen molar-refractivity contribution >= 4 is 21.6 Å². The lowest BCUT2D eigenvalue weighted by atomic mass is 10.2. The van der Waals surface area contributed by atoms with Gasteiger partial charge in [-0.25, -0.2) is 8.42 Å². The molecule has 0 spiro atoms. The minimum absolute atomic E-state index is 0.218. The molecule has 0 aliphatic heterocycles. The number of nitrogens with zero attached hydrogens (tertiary/aromatic N) is 1. The molecule has 6 heteroatoms. The Bertz CT molecular complexity index is 432. The van der Waals surface area contributed by atoms with Crippen LogP contribution in [0.15, 0.2) is 18.3 Å². The van der Waals surface area contributed by atoms with Gasteiger partial charge in [0.2, 0.25) is 0 Å². The van der Waals surface area contributed by atoms with Crippen LogP contribution in [-0.4, -0.2) is 31.2 Å². The van der Waals surface area contributed by atoms with Crippen LogP contribution in [0.3, 0.4) is 0 Å². The number of pyridine rings is 1. The van der Waals surface area contributed by atoms with Gasteiger partial charge in [-0.3, -0.25) is 4.98 Å². The molecule has 0 unspecified atom stereocenters. The van der Waals surface area contributed by atoms with E-state index in [9.17, 15) is 8.42 Å². The van der Waals surface area contributed by atoms with Crippen LogP contribution in [0.1, 0.15) is 11.3 Å². The number of rotatable bonds is 6. The minimum Gasteiger partial charge on any atom is -0.325 e. The van der Waals surface area contributed by atoms with Gasteiger partial charge in [0.15, 0.2) is 0 Å². The van der Waals surface area contributed by atoms with Crippen LogP contribution >= 0.6 is 11.8 Å². The monoisotopic (exact) mass is 260 g/mol. The van der Waals surface area contributed by atoms with Crippen molar-refractivity contribution < 1.29 is 8.42 Å². The SMILES string of the molecule is CS(=O)(=O)CCSCc1cccnc1CN. The van der Waals surface area contributed by atoms with Crippen molar-refractivity contribution in [1.29, 1.82) is 0 Å². The summed E-state index contributed by atoms with van der Waals surface area (Å²) in [6, 6.07) is 3.84. The van der Waals surface area contributed by atoms with Gasteiger partial charge in [0, 0.05) is 30.5 Å². The van der Waals surface area contributed by atoms with E-state index in [1.165, 1.54) is 6.26 Å². The van der Waals surface area contributed by atoms with Gasteiger partial charge in [-0.2, -0.15) is 11.8 Å². The number of thioether (sulfide) groups is 1. The van der Waals surface area contributed by atoms with Gasteiger partial charge >= 0.3 is 0 Å². The van der Waals surface area contributed by atoms with Crippen molar-refractivity contribution in [1.82, 2.24) is 4.98 Å². The molecular weight excluding hydrogens is 244 g/mol. The van der Waals surface area contributed by atoms with Crippen LogP contribution in [0.4, 0.5) is 0 Å². The highest BCUT2D eigenvalue weighted by Crippen LogP contribution is 2.14. The van der Waals surface area contributed by atoms with E-state index >= 15 is 0 Å². The maximum atomic E-state index is 10.9. The normalized spacial score (nSPS) is 11.6. The van der Waals surface area contributed by atoms with Crippen LogP contribution in [0.25, 0.3) is 0 Å². The molecule has 0 atom stereocenters. The largest absolute Gasteiger partial charge is 0.325 e. The Morgan fingerprint density at radius 2 is 2.25 bits per heavy atom. The first-order valence-electron chi connectivity index (χ1n) is 4.91. The molecule has 1 aromatic heterocycles. The van der Waals surface area contributed by atoms with Crippen molar-refractivity contribution in [2.45, 2.75) is 12.3 Å². The fourth-order valence-corrected chi connectivity index (χ4v) is 3.49. The zero-order chi connectivity index (χ0) is 12.0. The lowest BCUT2D eigenvalue weighted by Crippen LogP contribution is -2.06. The number of nitrogens with two attached hydrogens (primary N) is 1. The third kappa shape index (κ3) is 4.96. The molecule has 0 saturated heterocycles. The van der Waals surface area contributed by atoms with E-state index in [0.717, 1.165) is 17.0 Å². The summed E-state index contributed by atoms with van der Waals surface area (Å²) in [5.41, 5.74) is 7.53. The second kappa shape index (κ2) is 6.22. The van der Waals surface area contributed by atoms with Crippen LogP contribution in [0, 0.1) is 0 Å². The highest BCUT2D eigenvalue weighted by Gasteiger charge is 2.04. The van der Waals surface area contributed by atoms with Gasteiger partial charge in [-0.05, 0) is 11.6 Å². The fourth-order valence-electron chi connectivity index (χ4n) is 1.18. The summed E-state index contributed by atoms with van der Waals surface area (Å²) >= 11 is 1.59. The first-order chi connectivity index (χ1) is 7.53. The second-order valence-electron chi connectivity index (χ2n) is 3.50.